The summed E-state index contributed by atoms with van der Waals surface area (Å²) in [5.74, 6) is 3.12. The number of hydrogen-bond acceptors (Lipinski definition) is 4. The van der Waals surface area contributed by atoms with Crippen molar-refractivity contribution in [3.63, 3.8) is 0 Å². The molecule has 0 aliphatic carbocycles. The van der Waals surface area contributed by atoms with Gasteiger partial charge in [0.25, 0.3) is 0 Å². The lowest BCUT2D eigenvalue weighted by Crippen LogP contribution is -2.06. The lowest BCUT2D eigenvalue weighted by molar-refractivity contribution is 0.297. The molecule has 2 aromatic rings. The van der Waals surface area contributed by atoms with Crippen molar-refractivity contribution >= 4 is 11.6 Å². The Morgan fingerprint density at radius 3 is 2.81 bits per heavy atom. The summed E-state index contributed by atoms with van der Waals surface area (Å²) < 4.78 is 13.2. The Labute approximate surface area is 128 Å². The van der Waals surface area contributed by atoms with Crippen LogP contribution in [0, 0.1) is 13.8 Å². The Morgan fingerprint density at radius 1 is 1.24 bits per heavy atom. The van der Waals surface area contributed by atoms with Crippen LogP contribution in [-0.2, 0) is 13.0 Å². The highest BCUT2D eigenvalue weighted by Gasteiger charge is 2.15. The third-order valence-corrected chi connectivity index (χ3v) is 3.72. The van der Waals surface area contributed by atoms with Crippen molar-refractivity contribution in [3.05, 3.63) is 34.4 Å². The Hall–Kier alpha value is -1.75. The van der Waals surface area contributed by atoms with E-state index in [-0.39, 0.29) is 0 Å². The SMILES string of the molecule is Cc1nc(C)n(CCc2cc(Cl)c3c(c2)OCCCO3)n1. The number of benzene rings is 1. The minimum absolute atomic E-state index is 0.607. The average Bonchev–Trinajstić information content (AvgIpc) is 2.65. The molecule has 0 saturated heterocycles. The Kier molecular flexibility index (Phi) is 4.01. The van der Waals surface area contributed by atoms with Gasteiger partial charge in [-0.15, -0.1) is 0 Å². The Morgan fingerprint density at radius 2 is 2.05 bits per heavy atom. The maximum Gasteiger partial charge on any atom is 0.179 e. The van der Waals surface area contributed by atoms with Crippen LogP contribution in [0.1, 0.15) is 23.6 Å². The van der Waals surface area contributed by atoms with Gasteiger partial charge in [0.05, 0.1) is 18.2 Å². The maximum atomic E-state index is 6.30. The fourth-order valence-corrected chi connectivity index (χ4v) is 2.72. The third kappa shape index (κ3) is 3.13. The summed E-state index contributed by atoms with van der Waals surface area (Å²) in [7, 11) is 0. The van der Waals surface area contributed by atoms with E-state index in [2.05, 4.69) is 10.1 Å². The molecule has 0 unspecified atom stereocenters. The molecule has 0 atom stereocenters. The molecule has 1 aromatic carbocycles. The molecule has 21 heavy (non-hydrogen) atoms. The number of halogens is 1. The van der Waals surface area contributed by atoms with Crippen LogP contribution < -0.4 is 9.47 Å². The summed E-state index contributed by atoms with van der Waals surface area (Å²) in [6.45, 7) is 5.93. The van der Waals surface area contributed by atoms with Gasteiger partial charge in [-0.3, -0.25) is 0 Å². The third-order valence-electron chi connectivity index (χ3n) is 3.44. The van der Waals surface area contributed by atoms with E-state index < -0.39 is 0 Å². The highest BCUT2D eigenvalue weighted by molar-refractivity contribution is 6.32. The first-order valence-electron chi connectivity index (χ1n) is 7.09. The number of aryl methyl sites for hydroxylation is 4. The minimum Gasteiger partial charge on any atom is -0.489 e. The van der Waals surface area contributed by atoms with E-state index in [4.69, 9.17) is 21.1 Å². The molecule has 0 N–H and O–H groups in total. The second kappa shape index (κ2) is 5.93. The second-order valence-electron chi connectivity index (χ2n) is 5.13. The maximum absolute atomic E-state index is 6.30. The fourth-order valence-electron chi connectivity index (χ4n) is 2.44. The Bertz CT molecular complexity index is 655. The van der Waals surface area contributed by atoms with Gasteiger partial charge < -0.3 is 9.47 Å². The molecule has 6 heteroatoms. The van der Waals surface area contributed by atoms with Crippen LogP contribution >= 0.6 is 11.6 Å². The van der Waals surface area contributed by atoms with Gasteiger partial charge in [0.15, 0.2) is 11.5 Å². The van der Waals surface area contributed by atoms with Gasteiger partial charge in [-0.1, -0.05) is 11.6 Å². The van der Waals surface area contributed by atoms with Crippen LogP contribution in [0.3, 0.4) is 0 Å². The first-order valence-corrected chi connectivity index (χ1v) is 7.47. The van der Waals surface area contributed by atoms with Gasteiger partial charge in [0.1, 0.15) is 11.6 Å². The van der Waals surface area contributed by atoms with Crippen LogP contribution in [0.4, 0.5) is 0 Å². The smallest absolute Gasteiger partial charge is 0.179 e. The molecule has 0 radical (unpaired) electrons. The molecule has 5 nitrogen and oxygen atoms in total. The van der Waals surface area contributed by atoms with Crippen molar-refractivity contribution in [2.24, 2.45) is 0 Å². The number of hydrogen-bond donors (Lipinski definition) is 0. The molecule has 3 rings (SSSR count). The molecule has 1 aliphatic rings. The molecule has 1 aliphatic heterocycles. The molecule has 0 saturated carbocycles. The first kappa shape index (κ1) is 14.2. The molecular formula is C15H18ClN3O2. The lowest BCUT2D eigenvalue weighted by atomic mass is 10.1. The second-order valence-corrected chi connectivity index (χ2v) is 5.54. The highest BCUT2D eigenvalue weighted by Crippen LogP contribution is 2.38. The molecular weight excluding hydrogens is 290 g/mol. The zero-order valence-corrected chi connectivity index (χ0v) is 13.0. The molecule has 112 valence electrons. The molecule has 0 amide bonds. The predicted molar refractivity (Wildman–Crippen MR) is 80.3 cm³/mol. The van der Waals surface area contributed by atoms with Crippen molar-refractivity contribution in [1.29, 1.82) is 0 Å². The zero-order valence-electron chi connectivity index (χ0n) is 12.2. The summed E-state index contributed by atoms with van der Waals surface area (Å²) in [5, 5.41) is 4.97. The topological polar surface area (TPSA) is 49.2 Å². The van der Waals surface area contributed by atoms with Crippen LogP contribution in [0.5, 0.6) is 11.5 Å². The van der Waals surface area contributed by atoms with Crippen LogP contribution in [0.15, 0.2) is 12.1 Å². The lowest BCUT2D eigenvalue weighted by Gasteiger charge is -2.11. The van der Waals surface area contributed by atoms with Gasteiger partial charge in [-0.2, -0.15) is 5.10 Å². The van der Waals surface area contributed by atoms with Crippen molar-refractivity contribution in [2.75, 3.05) is 13.2 Å². The van der Waals surface area contributed by atoms with Crippen LogP contribution in [-0.4, -0.2) is 28.0 Å². The molecule has 0 spiro atoms. The van der Waals surface area contributed by atoms with E-state index in [9.17, 15) is 0 Å². The van der Waals surface area contributed by atoms with Gasteiger partial charge in [0, 0.05) is 13.0 Å². The molecule has 1 aromatic heterocycles. The number of fused-ring (bicyclic) bond motifs is 1. The monoisotopic (exact) mass is 307 g/mol. The highest BCUT2D eigenvalue weighted by atomic mass is 35.5. The summed E-state index contributed by atoms with van der Waals surface area (Å²) >= 11 is 6.30. The van der Waals surface area contributed by atoms with Gasteiger partial charge in [-0.05, 0) is 38.0 Å². The largest absolute Gasteiger partial charge is 0.489 e. The summed E-state index contributed by atoms with van der Waals surface area (Å²) in [4.78, 5) is 4.30. The van der Waals surface area contributed by atoms with Crippen molar-refractivity contribution in [3.8, 4) is 11.5 Å². The van der Waals surface area contributed by atoms with E-state index in [1.165, 1.54) is 0 Å². The molecule has 2 heterocycles. The Balaban J connectivity index is 1.78. The predicted octanol–water partition coefficient (Wildman–Crippen LogP) is 2.95. The average molecular weight is 308 g/mol. The minimum atomic E-state index is 0.607. The van der Waals surface area contributed by atoms with Gasteiger partial charge >= 0.3 is 0 Å². The van der Waals surface area contributed by atoms with Crippen molar-refractivity contribution in [1.82, 2.24) is 14.8 Å². The number of aromatic nitrogens is 3. The molecule has 0 bridgehead atoms. The number of nitrogens with zero attached hydrogens (tertiary/aromatic N) is 3. The van der Waals surface area contributed by atoms with E-state index in [1.807, 2.05) is 30.7 Å². The van der Waals surface area contributed by atoms with Gasteiger partial charge in [0.2, 0.25) is 0 Å². The quantitative estimate of drug-likeness (QED) is 0.875. The summed E-state index contributed by atoms with van der Waals surface area (Å²) in [6.07, 6.45) is 1.69. The zero-order chi connectivity index (χ0) is 14.8. The van der Waals surface area contributed by atoms with E-state index in [0.29, 0.717) is 24.0 Å². The number of rotatable bonds is 3. The fraction of sp³-hybridized carbons (Fsp3) is 0.467. The normalized spacial score (nSPS) is 14.0. The van der Waals surface area contributed by atoms with E-state index >= 15 is 0 Å². The van der Waals surface area contributed by atoms with Gasteiger partial charge in [-0.25, -0.2) is 9.67 Å². The van der Waals surface area contributed by atoms with E-state index in [0.717, 1.165) is 42.3 Å². The standard InChI is InChI=1S/C15H18ClN3O2/c1-10-17-11(2)19(18-10)5-4-12-8-13(16)15-14(9-12)20-6-3-7-21-15/h8-9H,3-7H2,1-2H3. The summed E-state index contributed by atoms with van der Waals surface area (Å²) in [6, 6.07) is 3.94. The van der Waals surface area contributed by atoms with Crippen LogP contribution in [0.25, 0.3) is 0 Å². The van der Waals surface area contributed by atoms with Crippen LogP contribution in [0.2, 0.25) is 5.02 Å². The summed E-state index contributed by atoms with van der Waals surface area (Å²) in [5.41, 5.74) is 1.11. The molecule has 0 fully saturated rings. The number of ether oxygens (including phenoxy) is 2. The first-order chi connectivity index (χ1) is 10.1. The van der Waals surface area contributed by atoms with Crippen molar-refractivity contribution < 1.29 is 9.47 Å². The van der Waals surface area contributed by atoms with Crippen molar-refractivity contribution in [2.45, 2.75) is 33.2 Å². The van der Waals surface area contributed by atoms with E-state index in [1.54, 1.807) is 0 Å².